The van der Waals surface area contributed by atoms with Crippen molar-refractivity contribution in [3.8, 4) is 11.3 Å². The lowest BCUT2D eigenvalue weighted by Gasteiger charge is -2.17. The van der Waals surface area contributed by atoms with Crippen LogP contribution in [-0.4, -0.2) is 19.2 Å². The first-order chi connectivity index (χ1) is 15.7. The molecule has 0 amide bonds. The third-order valence-corrected chi connectivity index (χ3v) is 6.82. The summed E-state index contributed by atoms with van der Waals surface area (Å²) >= 11 is 0. The van der Waals surface area contributed by atoms with Crippen molar-refractivity contribution >= 4 is 27.5 Å². The topological polar surface area (TPSA) is 35.1 Å². The summed E-state index contributed by atoms with van der Waals surface area (Å²) < 4.78 is 4.53. The quantitative estimate of drug-likeness (QED) is 0.262. The van der Waals surface area contributed by atoms with Gasteiger partial charge in [0.15, 0.2) is 5.65 Å². The Kier molecular flexibility index (Phi) is 5.69. The van der Waals surface area contributed by atoms with Gasteiger partial charge in [-0.1, -0.05) is 64.3 Å². The van der Waals surface area contributed by atoms with E-state index in [1.807, 2.05) is 10.7 Å². The van der Waals surface area contributed by atoms with Crippen LogP contribution < -0.4 is 0 Å². The molecule has 4 heteroatoms. The summed E-state index contributed by atoms with van der Waals surface area (Å²) in [7, 11) is 0. The van der Waals surface area contributed by atoms with Gasteiger partial charge in [0.05, 0.1) is 11.4 Å². The molecule has 5 aromatic rings. The van der Waals surface area contributed by atoms with Crippen molar-refractivity contribution in [2.24, 2.45) is 5.92 Å². The second kappa shape index (κ2) is 8.78. The lowest BCUT2D eigenvalue weighted by molar-refractivity contribution is 0.401. The maximum Gasteiger partial charge on any atom is 0.155 e. The van der Waals surface area contributed by atoms with Crippen LogP contribution in [0, 0.1) is 5.92 Å². The van der Waals surface area contributed by atoms with Crippen LogP contribution >= 0.6 is 0 Å². The fourth-order valence-corrected chi connectivity index (χ4v) is 4.92. The molecule has 1 unspecified atom stereocenters. The minimum Gasteiger partial charge on any atom is -0.340 e. The van der Waals surface area contributed by atoms with Crippen LogP contribution in [0.3, 0.4) is 0 Å². The smallest absolute Gasteiger partial charge is 0.155 e. The van der Waals surface area contributed by atoms with Gasteiger partial charge in [-0.15, -0.1) is 0 Å². The van der Waals surface area contributed by atoms with Gasteiger partial charge in [-0.3, -0.25) is 0 Å². The van der Waals surface area contributed by atoms with Crippen LogP contribution in [0.4, 0.5) is 0 Å². The minimum atomic E-state index is 0.713. The largest absolute Gasteiger partial charge is 0.340 e. The number of rotatable bonds is 8. The van der Waals surface area contributed by atoms with Gasteiger partial charge in [0.2, 0.25) is 0 Å². The standard InChI is InChI=1S/C28H32N4/c1-4-7-10-20(5-2)19-31-26-12-9-8-11-23(26)24-17-21(13-14-27(24)31)25-15-16-29-28-18-22(6-3)30-32(25)28/h8-9,11-18,20H,4-7,10,19H2,1-3H3. The highest BCUT2D eigenvalue weighted by Gasteiger charge is 2.16. The molecule has 0 saturated carbocycles. The van der Waals surface area contributed by atoms with E-state index in [2.05, 4.69) is 84.9 Å². The van der Waals surface area contributed by atoms with Crippen LogP contribution in [0.2, 0.25) is 0 Å². The Morgan fingerprint density at radius 3 is 2.56 bits per heavy atom. The Morgan fingerprint density at radius 2 is 1.75 bits per heavy atom. The maximum atomic E-state index is 4.78. The van der Waals surface area contributed by atoms with Gasteiger partial charge in [0.1, 0.15) is 0 Å². The predicted octanol–water partition coefficient (Wildman–Crippen LogP) is 7.28. The van der Waals surface area contributed by atoms with E-state index < -0.39 is 0 Å². The predicted molar refractivity (Wildman–Crippen MR) is 134 cm³/mol. The maximum absolute atomic E-state index is 4.78. The molecule has 0 aliphatic rings. The molecule has 1 atom stereocenters. The zero-order valence-electron chi connectivity index (χ0n) is 19.4. The number of fused-ring (bicyclic) bond motifs is 4. The average Bonchev–Trinajstić information content (AvgIpc) is 3.40. The molecular weight excluding hydrogens is 392 g/mol. The summed E-state index contributed by atoms with van der Waals surface area (Å²) in [5.41, 5.74) is 6.90. The Hall–Kier alpha value is -3.14. The normalized spacial score (nSPS) is 12.8. The lowest BCUT2D eigenvalue weighted by Crippen LogP contribution is -2.10. The van der Waals surface area contributed by atoms with Gasteiger partial charge in [-0.25, -0.2) is 9.50 Å². The molecule has 3 heterocycles. The number of benzene rings is 2. The van der Waals surface area contributed by atoms with E-state index >= 15 is 0 Å². The second-order valence-electron chi connectivity index (χ2n) is 8.87. The monoisotopic (exact) mass is 424 g/mol. The fraction of sp³-hybridized carbons (Fsp3) is 0.357. The van der Waals surface area contributed by atoms with E-state index in [9.17, 15) is 0 Å². The molecule has 0 N–H and O–H groups in total. The number of unbranched alkanes of at least 4 members (excludes halogenated alkanes) is 1. The summed E-state index contributed by atoms with van der Waals surface area (Å²) in [5.74, 6) is 0.713. The SMILES string of the molecule is CCCCC(CC)Cn1c2ccccc2c2cc(-c3ccnc4cc(CC)nn34)ccc21. The second-order valence-corrected chi connectivity index (χ2v) is 8.87. The van der Waals surface area contributed by atoms with Crippen LogP contribution in [-0.2, 0) is 13.0 Å². The molecule has 0 aliphatic heterocycles. The molecule has 5 rings (SSSR count). The molecule has 0 spiro atoms. The number of aryl methyl sites for hydroxylation is 1. The first-order valence-corrected chi connectivity index (χ1v) is 12.1. The van der Waals surface area contributed by atoms with Gasteiger partial charge < -0.3 is 4.57 Å². The van der Waals surface area contributed by atoms with Gasteiger partial charge in [-0.2, -0.15) is 5.10 Å². The Balaban J connectivity index is 1.65. The molecule has 3 aromatic heterocycles. The lowest BCUT2D eigenvalue weighted by atomic mass is 9.99. The van der Waals surface area contributed by atoms with Gasteiger partial charge >= 0.3 is 0 Å². The Bertz CT molecular complexity index is 1370. The Labute approximate surface area is 189 Å². The highest BCUT2D eigenvalue weighted by molar-refractivity contribution is 6.09. The van der Waals surface area contributed by atoms with Crippen molar-refractivity contribution in [2.75, 3.05) is 0 Å². The van der Waals surface area contributed by atoms with E-state index in [0.717, 1.165) is 30.0 Å². The van der Waals surface area contributed by atoms with Crippen LogP contribution in [0.15, 0.2) is 60.8 Å². The van der Waals surface area contributed by atoms with Gasteiger partial charge in [-0.05, 0) is 43.0 Å². The molecule has 0 bridgehead atoms. The van der Waals surface area contributed by atoms with E-state index in [1.54, 1.807) is 0 Å². The summed E-state index contributed by atoms with van der Waals surface area (Å²) in [6.07, 6.45) is 7.89. The van der Waals surface area contributed by atoms with Gasteiger partial charge in [0.25, 0.3) is 0 Å². The summed E-state index contributed by atoms with van der Waals surface area (Å²) in [6, 6.07) is 19.9. The molecule has 0 saturated heterocycles. The molecule has 0 radical (unpaired) electrons. The van der Waals surface area contributed by atoms with E-state index in [1.165, 1.54) is 53.1 Å². The van der Waals surface area contributed by atoms with Crippen molar-refractivity contribution in [2.45, 2.75) is 59.4 Å². The molecular formula is C28H32N4. The number of nitrogens with zero attached hydrogens (tertiary/aromatic N) is 4. The molecule has 0 aliphatic carbocycles. The fourth-order valence-electron chi connectivity index (χ4n) is 4.92. The Morgan fingerprint density at radius 1 is 0.906 bits per heavy atom. The number of hydrogen-bond donors (Lipinski definition) is 0. The van der Waals surface area contributed by atoms with Crippen molar-refractivity contribution in [3.63, 3.8) is 0 Å². The van der Waals surface area contributed by atoms with Gasteiger partial charge in [0, 0.05) is 46.2 Å². The summed E-state index contributed by atoms with van der Waals surface area (Å²) in [5, 5.41) is 7.43. The highest BCUT2D eigenvalue weighted by atomic mass is 15.3. The number of aromatic nitrogens is 4. The first-order valence-electron chi connectivity index (χ1n) is 12.1. The first kappa shape index (κ1) is 20.7. The van der Waals surface area contributed by atoms with Crippen molar-refractivity contribution in [3.05, 3.63) is 66.5 Å². The third-order valence-electron chi connectivity index (χ3n) is 6.82. The van der Waals surface area contributed by atoms with Crippen LogP contribution in [0.1, 0.15) is 52.1 Å². The molecule has 2 aromatic carbocycles. The minimum absolute atomic E-state index is 0.713. The van der Waals surface area contributed by atoms with E-state index in [-0.39, 0.29) is 0 Å². The summed E-state index contributed by atoms with van der Waals surface area (Å²) in [6.45, 7) is 7.83. The van der Waals surface area contributed by atoms with E-state index in [0.29, 0.717) is 5.92 Å². The molecule has 0 fully saturated rings. The van der Waals surface area contributed by atoms with E-state index in [4.69, 9.17) is 5.10 Å². The summed E-state index contributed by atoms with van der Waals surface area (Å²) in [4.78, 5) is 4.52. The number of para-hydroxylation sites is 1. The number of hydrogen-bond acceptors (Lipinski definition) is 2. The molecule has 4 nitrogen and oxygen atoms in total. The van der Waals surface area contributed by atoms with Crippen LogP contribution in [0.5, 0.6) is 0 Å². The van der Waals surface area contributed by atoms with Crippen molar-refractivity contribution in [1.82, 2.24) is 19.2 Å². The van der Waals surface area contributed by atoms with Crippen LogP contribution in [0.25, 0.3) is 38.7 Å². The van der Waals surface area contributed by atoms with Crippen molar-refractivity contribution < 1.29 is 0 Å². The zero-order chi connectivity index (χ0) is 22.1. The van der Waals surface area contributed by atoms with Crippen molar-refractivity contribution in [1.29, 1.82) is 0 Å². The average molecular weight is 425 g/mol. The molecule has 32 heavy (non-hydrogen) atoms. The third kappa shape index (κ3) is 3.58. The zero-order valence-corrected chi connectivity index (χ0v) is 19.4. The highest BCUT2D eigenvalue weighted by Crippen LogP contribution is 2.34. The molecule has 164 valence electrons.